The number of hydrazine groups is 1. The van der Waals surface area contributed by atoms with Crippen molar-refractivity contribution in [3.05, 3.63) is 0 Å². The number of nitrogens with two attached hydrogens (primary N) is 4. The predicted octanol–water partition coefficient (Wildman–Crippen LogP) is -4.55. The monoisotopic (exact) mass is 260 g/mol. The van der Waals surface area contributed by atoms with Gasteiger partial charge in [-0.2, -0.15) is 10.0 Å². The van der Waals surface area contributed by atoms with Crippen molar-refractivity contribution in [3.63, 3.8) is 0 Å². The first-order chi connectivity index (χ1) is 8.44. The van der Waals surface area contributed by atoms with Crippen molar-refractivity contribution in [2.24, 2.45) is 22.9 Å². The van der Waals surface area contributed by atoms with Crippen molar-refractivity contribution < 1.29 is 19.2 Å². The molecule has 0 rings (SSSR count). The molecule has 0 radical (unpaired) electrons. The lowest BCUT2D eigenvalue weighted by molar-refractivity contribution is -0.178. The van der Waals surface area contributed by atoms with Crippen LogP contribution in [0.5, 0.6) is 0 Å². The fourth-order valence-corrected chi connectivity index (χ4v) is 1.07. The highest BCUT2D eigenvalue weighted by atomic mass is 16.2. The number of imide groups is 2. The Balaban J connectivity index is 5.47. The second kappa shape index (κ2) is 7.45. The van der Waals surface area contributed by atoms with Gasteiger partial charge < -0.3 is 22.9 Å². The Morgan fingerprint density at radius 2 is 0.722 bits per heavy atom. The third-order valence-electron chi connectivity index (χ3n) is 1.84. The normalized spacial score (nSPS) is 9.78. The first-order valence-corrected chi connectivity index (χ1v) is 4.96. The zero-order valence-corrected chi connectivity index (χ0v) is 9.67. The van der Waals surface area contributed by atoms with Gasteiger partial charge in [-0.1, -0.05) is 0 Å². The number of rotatable bonds is 4. The second-order valence-electron chi connectivity index (χ2n) is 3.02. The first-order valence-electron chi connectivity index (χ1n) is 4.96. The van der Waals surface area contributed by atoms with Crippen LogP contribution in [0, 0.1) is 0 Å². The van der Waals surface area contributed by atoms with E-state index in [0.717, 1.165) is 0 Å². The van der Waals surface area contributed by atoms with Gasteiger partial charge in [0.05, 0.1) is 26.2 Å². The van der Waals surface area contributed by atoms with Crippen LogP contribution in [-0.2, 0) is 19.2 Å². The highest BCUT2D eigenvalue weighted by Crippen LogP contribution is 2.01. The molecule has 0 aromatic rings. The van der Waals surface area contributed by atoms with E-state index >= 15 is 0 Å². The average Bonchev–Trinajstić information content (AvgIpc) is 2.41. The lowest BCUT2D eigenvalue weighted by Gasteiger charge is -2.30. The average molecular weight is 260 g/mol. The van der Waals surface area contributed by atoms with Gasteiger partial charge in [-0.05, 0) is 0 Å². The fourth-order valence-electron chi connectivity index (χ4n) is 1.07. The van der Waals surface area contributed by atoms with E-state index in [0.29, 0.717) is 0 Å². The third kappa shape index (κ3) is 3.56. The van der Waals surface area contributed by atoms with Crippen molar-refractivity contribution in [1.82, 2.24) is 10.0 Å². The summed E-state index contributed by atoms with van der Waals surface area (Å²) < 4.78 is 0. The Bertz CT molecular complexity index is 291. The molecule has 0 aromatic carbocycles. The summed E-state index contributed by atoms with van der Waals surface area (Å²) in [6, 6.07) is 0. The summed E-state index contributed by atoms with van der Waals surface area (Å²) in [5.74, 6) is -3.86. The van der Waals surface area contributed by atoms with Crippen molar-refractivity contribution in [3.8, 4) is 0 Å². The molecule has 8 N–H and O–H groups in total. The Morgan fingerprint density at radius 1 is 0.556 bits per heavy atom. The molecule has 0 aromatic heterocycles. The summed E-state index contributed by atoms with van der Waals surface area (Å²) in [5.41, 5.74) is 20.4. The highest BCUT2D eigenvalue weighted by Gasteiger charge is 2.33. The van der Waals surface area contributed by atoms with E-state index in [-0.39, 0.29) is 10.0 Å². The molecule has 4 amide bonds. The van der Waals surface area contributed by atoms with Crippen LogP contribution in [-0.4, -0.2) is 59.8 Å². The van der Waals surface area contributed by atoms with Crippen molar-refractivity contribution in [2.75, 3.05) is 26.2 Å². The van der Waals surface area contributed by atoms with Crippen LogP contribution in [0.4, 0.5) is 0 Å². The maximum absolute atomic E-state index is 11.5. The van der Waals surface area contributed by atoms with Crippen LogP contribution < -0.4 is 22.9 Å². The van der Waals surface area contributed by atoms with Gasteiger partial charge in [-0.3, -0.25) is 19.2 Å². The predicted molar refractivity (Wildman–Crippen MR) is 59.9 cm³/mol. The molecule has 0 bridgehead atoms. The molecule has 0 heterocycles. The summed E-state index contributed by atoms with van der Waals surface area (Å²) >= 11 is 0. The quantitative estimate of drug-likeness (QED) is 0.364. The summed E-state index contributed by atoms with van der Waals surface area (Å²) in [7, 11) is 0. The minimum Gasteiger partial charge on any atom is -0.322 e. The van der Waals surface area contributed by atoms with E-state index in [1.807, 2.05) is 0 Å². The third-order valence-corrected chi connectivity index (χ3v) is 1.84. The van der Waals surface area contributed by atoms with Gasteiger partial charge in [-0.15, -0.1) is 0 Å². The number of carbonyl (C=O) groups is 4. The number of hydrogen-bond acceptors (Lipinski definition) is 8. The van der Waals surface area contributed by atoms with Gasteiger partial charge in [0.25, 0.3) is 23.6 Å². The molecule has 0 unspecified atom stereocenters. The highest BCUT2D eigenvalue weighted by molar-refractivity contribution is 6.05. The van der Waals surface area contributed by atoms with Crippen LogP contribution in [0.1, 0.15) is 0 Å². The van der Waals surface area contributed by atoms with E-state index in [9.17, 15) is 19.2 Å². The molecule has 10 heteroatoms. The molecule has 0 atom stereocenters. The lowest BCUT2D eigenvalue weighted by Crippen LogP contribution is -2.60. The van der Waals surface area contributed by atoms with E-state index < -0.39 is 49.8 Å². The summed E-state index contributed by atoms with van der Waals surface area (Å²) in [6.07, 6.45) is 0. The van der Waals surface area contributed by atoms with Gasteiger partial charge in [0.1, 0.15) is 0 Å². The van der Waals surface area contributed by atoms with Crippen molar-refractivity contribution in [1.29, 1.82) is 0 Å². The largest absolute Gasteiger partial charge is 0.322 e. The van der Waals surface area contributed by atoms with Crippen LogP contribution >= 0.6 is 0 Å². The fraction of sp³-hybridized carbons (Fsp3) is 0.500. The topological polar surface area (TPSA) is 179 Å². The number of amides is 4. The van der Waals surface area contributed by atoms with E-state index in [1.165, 1.54) is 0 Å². The number of hydrogen-bond donors (Lipinski definition) is 4. The zero-order chi connectivity index (χ0) is 14.3. The van der Waals surface area contributed by atoms with Gasteiger partial charge in [-0.25, -0.2) is 0 Å². The van der Waals surface area contributed by atoms with Gasteiger partial charge >= 0.3 is 0 Å². The molecule has 0 aliphatic heterocycles. The van der Waals surface area contributed by atoms with E-state index in [2.05, 4.69) is 0 Å². The number of carbonyl (C=O) groups excluding carboxylic acids is 4. The first kappa shape index (κ1) is 16.1. The van der Waals surface area contributed by atoms with Crippen LogP contribution in [0.3, 0.4) is 0 Å². The molecule has 0 saturated heterocycles. The maximum Gasteiger partial charge on any atom is 0.262 e. The molecule has 0 spiro atoms. The Morgan fingerprint density at radius 3 is 0.833 bits per heavy atom. The molecule has 10 nitrogen and oxygen atoms in total. The Kier molecular flexibility index (Phi) is 6.67. The minimum absolute atomic E-state index is 0.268. The van der Waals surface area contributed by atoms with Crippen LogP contribution in [0.25, 0.3) is 0 Å². The maximum atomic E-state index is 11.5. The van der Waals surface area contributed by atoms with Crippen molar-refractivity contribution in [2.45, 2.75) is 0 Å². The Hall–Kier alpha value is -1.88. The van der Waals surface area contributed by atoms with Crippen LogP contribution in [0.15, 0.2) is 0 Å². The molecule has 0 aliphatic rings. The summed E-state index contributed by atoms with van der Waals surface area (Å²) in [5, 5.41) is 0.536. The Labute approximate surface area is 103 Å². The summed E-state index contributed by atoms with van der Waals surface area (Å²) in [6.45, 7) is -2.34. The standard InChI is InChI=1S/C8H16N6O4/c9-1-5(15)13(6(16)2-10)14(7(17)3-11)8(18)4-12/h1-4,9-12H2. The molecule has 18 heavy (non-hydrogen) atoms. The molecule has 0 aliphatic carbocycles. The lowest BCUT2D eigenvalue weighted by atomic mass is 10.4. The van der Waals surface area contributed by atoms with Gasteiger partial charge in [0.15, 0.2) is 0 Å². The zero-order valence-electron chi connectivity index (χ0n) is 9.67. The molecular weight excluding hydrogens is 244 g/mol. The minimum atomic E-state index is -0.964. The van der Waals surface area contributed by atoms with Gasteiger partial charge in [0.2, 0.25) is 0 Å². The van der Waals surface area contributed by atoms with E-state index in [4.69, 9.17) is 22.9 Å². The summed E-state index contributed by atoms with van der Waals surface area (Å²) in [4.78, 5) is 46.0. The molecule has 0 saturated carbocycles. The van der Waals surface area contributed by atoms with Crippen molar-refractivity contribution >= 4 is 23.6 Å². The number of nitrogens with zero attached hydrogens (tertiary/aromatic N) is 2. The smallest absolute Gasteiger partial charge is 0.262 e. The van der Waals surface area contributed by atoms with E-state index in [1.54, 1.807) is 0 Å². The van der Waals surface area contributed by atoms with Crippen LogP contribution in [0.2, 0.25) is 0 Å². The molecule has 0 fully saturated rings. The second-order valence-corrected chi connectivity index (χ2v) is 3.02. The molecule has 102 valence electrons. The SMILES string of the molecule is NCC(=O)N(C(=O)CN)N(C(=O)CN)C(=O)CN. The van der Waals surface area contributed by atoms with Gasteiger partial charge in [0, 0.05) is 0 Å². The molecular formula is C8H16N6O4.